The fraction of sp³-hybridized carbons (Fsp3) is 0.353. The van der Waals surface area contributed by atoms with Gasteiger partial charge in [-0.2, -0.15) is 5.10 Å². The van der Waals surface area contributed by atoms with Gasteiger partial charge in [0.1, 0.15) is 17.6 Å². The number of benzene rings is 1. The minimum atomic E-state index is -0.640. The smallest absolute Gasteiger partial charge is 0.247 e. The van der Waals surface area contributed by atoms with Crippen LogP contribution in [0.15, 0.2) is 30.3 Å². The van der Waals surface area contributed by atoms with E-state index < -0.39 is 6.04 Å². The number of nitrogens with zero attached hydrogens (tertiary/aromatic N) is 3. The first kappa shape index (κ1) is 16.0. The summed E-state index contributed by atoms with van der Waals surface area (Å²) in [5.74, 6) is 0.986. The van der Waals surface area contributed by atoms with E-state index in [4.69, 9.17) is 4.74 Å². The predicted molar refractivity (Wildman–Crippen MR) is 90.2 cm³/mol. The third-order valence-electron chi connectivity index (χ3n) is 4.04. The number of aromatic nitrogens is 2. The summed E-state index contributed by atoms with van der Waals surface area (Å²) in [7, 11) is 1.57. The molecule has 1 aromatic heterocycles. The molecule has 0 aliphatic carbocycles. The van der Waals surface area contributed by atoms with Gasteiger partial charge in [0.2, 0.25) is 11.8 Å². The van der Waals surface area contributed by atoms with Crippen LogP contribution in [0.5, 0.6) is 5.75 Å². The third-order valence-corrected chi connectivity index (χ3v) is 4.04. The Morgan fingerprint density at radius 3 is 2.92 bits per heavy atom. The van der Waals surface area contributed by atoms with E-state index in [2.05, 4.69) is 10.4 Å². The molecule has 2 heterocycles. The highest BCUT2D eigenvalue weighted by molar-refractivity contribution is 6.04. The van der Waals surface area contributed by atoms with Crippen LogP contribution in [0.2, 0.25) is 0 Å². The molecule has 1 aromatic carbocycles. The van der Waals surface area contributed by atoms with E-state index in [1.54, 1.807) is 43.0 Å². The number of nitrogens with one attached hydrogen (secondary N) is 1. The van der Waals surface area contributed by atoms with Crippen molar-refractivity contribution in [3.8, 4) is 5.75 Å². The highest BCUT2D eigenvalue weighted by Crippen LogP contribution is 2.25. The average Bonchev–Trinajstić information content (AvgIpc) is 2.94. The summed E-state index contributed by atoms with van der Waals surface area (Å²) in [5, 5.41) is 7.19. The van der Waals surface area contributed by atoms with Crippen LogP contribution in [-0.4, -0.2) is 34.7 Å². The summed E-state index contributed by atoms with van der Waals surface area (Å²) in [6.07, 6.45) is 0.338. The van der Waals surface area contributed by atoms with Gasteiger partial charge in [0.25, 0.3) is 0 Å². The molecule has 7 heteroatoms. The van der Waals surface area contributed by atoms with Crippen molar-refractivity contribution in [2.24, 2.45) is 0 Å². The number of aryl methyl sites for hydroxylation is 2. The largest absolute Gasteiger partial charge is 0.497 e. The molecule has 0 radical (unpaired) electrons. The highest BCUT2D eigenvalue weighted by atomic mass is 16.5. The normalized spacial score (nSPS) is 15.0. The van der Waals surface area contributed by atoms with E-state index in [1.165, 1.54) is 4.90 Å². The maximum atomic E-state index is 12.6. The van der Waals surface area contributed by atoms with Crippen molar-refractivity contribution in [2.45, 2.75) is 32.9 Å². The Bertz CT molecular complexity index is 784. The third kappa shape index (κ3) is 2.97. The zero-order chi connectivity index (χ0) is 17.3. The zero-order valence-corrected chi connectivity index (χ0v) is 13.9. The molecule has 0 bridgehead atoms. The summed E-state index contributed by atoms with van der Waals surface area (Å²) in [6, 6.07) is 8.29. The van der Waals surface area contributed by atoms with Crippen molar-refractivity contribution in [1.29, 1.82) is 0 Å². The Morgan fingerprint density at radius 1 is 1.38 bits per heavy atom. The standard InChI is InChI=1S/C17H20N4O3/c1-11-9-15-20(19-11)8-7-16(22)21(15)12(2)17(23)18-13-5-4-6-14(10-13)24-3/h4-6,9-10,12H,7-8H2,1-3H3,(H,18,23). The Labute approximate surface area is 140 Å². The molecule has 7 nitrogen and oxygen atoms in total. The molecule has 1 aliphatic heterocycles. The second-order valence-electron chi connectivity index (χ2n) is 5.78. The molecule has 1 aliphatic rings. The molecule has 3 rings (SSSR count). The van der Waals surface area contributed by atoms with Gasteiger partial charge in [0, 0.05) is 24.2 Å². The van der Waals surface area contributed by atoms with Crippen LogP contribution in [0.3, 0.4) is 0 Å². The van der Waals surface area contributed by atoms with Crippen molar-refractivity contribution in [3.05, 3.63) is 36.0 Å². The van der Waals surface area contributed by atoms with Gasteiger partial charge in [-0.25, -0.2) is 4.68 Å². The number of carbonyl (C=O) groups excluding carboxylic acids is 2. The van der Waals surface area contributed by atoms with Gasteiger partial charge in [0.05, 0.1) is 19.3 Å². The fourth-order valence-electron chi connectivity index (χ4n) is 2.82. The van der Waals surface area contributed by atoms with E-state index in [-0.39, 0.29) is 11.8 Å². The zero-order valence-electron chi connectivity index (χ0n) is 13.9. The van der Waals surface area contributed by atoms with Crippen molar-refractivity contribution >= 4 is 23.3 Å². The van der Waals surface area contributed by atoms with Crippen LogP contribution in [-0.2, 0) is 16.1 Å². The number of methoxy groups -OCH3 is 1. The molecule has 0 saturated carbocycles. The lowest BCUT2D eigenvalue weighted by atomic mass is 10.2. The number of carbonyl (C=O) groups is 2. The minimum absolute atomic E-state index is 0.0734. The van der Waals surface area contributed by atoms with Crippen molar-refractivity contribution in [3.63, 3.8) is 0 Å². The Balaban J connectivity index is 1.81. The molecule has 0 spiro atoms. The van der Waals surface area contributed by atoms with Gasteiger partial charge in [-0.1, -0.05) is 6.07 Å². The number of hydrogen-bond donors (Lipinski definition) is 1. The number of fused-ring (bicyclic) bond motifs is 1. The number of ether oxygens (including phenoxy) is 1. The topological polar surface area (TPSA) is 76.5 Å². The molecule has 126 valence electrons. The predicted octanol–water partition coefficient (Wildman–Crippen LogP) is 1.96. The molecule has 0 fully saturated rings. The van der Waals surface area contributed by atoms with E-state index in [0.29, 0.717) is 30.2 Å². The van der Waals surface area contributed by atoms with Crippen LogP contribution in [0.25, 0.3) is 0 Å². The average molecular weight is 328 g/mol. The fourth-order valence-corrected chi connectivity index (χ4v) is 2.82. The van der Waals surface area contributed by atoms with E-state index in [0.717, 1.165) is 5.69 Å². The minimum Gasteiger partial charge on any atom is -0.497 e. The first-order valence-corrected chi connectivity index (χ1v) is 7.81. The molecule has 24 heavy (non-hydrogen) atoms. The molecular weight excluding hydrogens is 308 g/mol. The summed E-state index contributed by atoms with van der Waals surface area (Å²) in [6.45, 7) is 4.13. The Hall–Kier alpha value is -2.83. The molecule has 1 unspecified atom stereocenters. The van der Waals surface area contributed by atoms with E-state index in [9.17, 15) is 9.59 Å². The summed E-state index contributed by atoms with van der Waals surface area (Å²) in [5.41, 5.74) is 1.45. The van der Waals surface area contributed by atoms with E-state index in [1.807, 2.05) is 13.0 Å². The van der Waals surface area contributed by atoms with Crippen LogP contribution < -0.4 is 15.0 Å². The van der Waals surface area contributed by atoms with Crippen molar-refractivity contribution in [1.82, 2.24) is 9.78 Å². The van der Waals surface area contributed by atoms with Crippen LogP contribution in [0.4, 0.5) is 11.5 Å². The Morgan fingerprint density at radius 2 is 2.17 bits per heavy atom. The summed E-state index contributed by atoms with van der Waals surface area (Å²) >= 11 is 0. The number of anilines is 2. The van der Waals surface area contributed by atoms with Crippen LogP contribution in [0, 0.1) is 6.92 Å². The monoisotopic (exact) mass is 328 g/mol. The highest BCUT2D eigenvalue weighted by Gasteiger charge is 2.33. The number of hydrogen-bond acceptors (Lipinski definition) is 4. The lowest BCUT2D eigenvalue weighted by Gasteiger charge is -2.31. The molecule has 2 aromatic rings. The van der Waals surface area contributed by atoms with Crippen LogP contribution >= 0.6 is 0 Å². The SMILES string of the molecule is COc1cccc(NC(=O)C(C)N2C(=O)CCn3nc(C)cc32)c1. The first-order valence-electron chi connectivity index (χ1n) is 7.81. The van der Waals surface area contributed by atoms with Crippen LogP contribution in [0.1, 0.15) is 19.0 Å². The quantitative estimate of drug-likeness (QED) is 0.931. The maximum Gasteiger partial charge on any atom is 0.247 e. The van der Waals surface area contributed by atoms with E-state index >= 15 is 0 Å². The lowest BCUT2D eigenvalue weighted by Crippen LogP contribution is -2.49. The summed E-state index contributed by atoms with van der Waals surface area (Å²) < 4.78 is 6.92. The maximum absolute atomic E-state index is 12.6. The number of rotatable bonds is 4. The molecule has 1 atom stereocenters. The Kier molecular flexibility index (Phi) is 4.24. The van der Waals surface area contributed by atoms with Gasteiger partial charge < -0.3 is 10.1 Å². The van der Waals surface area contributed by atoms with Gasteiger partial charge >= 0.3 is 0 Å². The van der Waals surface area contributed by atoms with Gasteiger partial charge in [0.15, 0.2) is 0 Å². The van der Waals surface area contributed by atoms with Gasteiger partial charge in [-0.3, -0.25) is 14.5 Å². The first-order chi connectivity index (χ1) is 11.5. The van der Waals surface area contributed by atoms with Crippen molar-refractivity contribution < 1.29 is 14.3 Å². The second-order valence-corrected chi connectivity index (χ2v) is 5.78. The lowest BCUT2D eigenvalue weighted by molar-refractivity contribution is -0.124. The number of amides is 2. The molecular formula is C17H20N4O3. The van der Waals surface area contributed by atoms with Gasteiger partial charge in [-0.15, -0.1) is 0 Å². The van der Waals surface area contributed by atoms with Gasteiger partial charge in [-0.05, 0) is 26.0 Å². The molecule has 0 saturated heterocycles. The second kappa shape index (κ2) is 6.35. The molecule has 1 N–H and O–H groups in total. The molecule has 2 amide bonds. The summed E-state index contributed by atoms with van der Waals surface area (Å²) in [4.78, 5) is 26.5. The van der Waals surface area contributed by atoms with Crippen molar-refractivity contribution in [2.75, 3.05) is 17.3 Å².